The van der Waals surface area contributed by atoms with E-state index in [1.54, 1.807) is 6.20 Å². The second kappa shape index (κ2) is 3.99. The maximum Gasteiger partial charge on any atom is 0.138 e. The quantitative estimate of drug-likeness (QED) is 0.777. The molecule has 0 N–H and O–H groups in total. The van der Waals surface area contributed by atoms with Gasteiger partial charge in [0, 0.05) is 23.7 Å². The van der Waals surface area contributed by atoms with Gasteiger partial charge in [0.2, 0.25) is 0 Å². The Hall–Kier alpha value is -0.800. The van der Waals surface area contributed by atoms with Crippen molar-refractivity contribution in [3.63, 3.8) is 0 Å². The maximum atomic E-state index is 6.04. The zero-order valence-electron chi connectivity index (χ0n) is 8.46. The highest BCUT2D eigenvalue weighted by Gasteiger charge is 2.06. The molecule has 0 saturated carbocycles. The molecular formula is C11H10BrClN2. The van der Waals surface area contributed by atoms with Gasteiger partial charge in [-0.15, -0.1) is 0 Å². The van der Waals surface area contributed by atoms with E-state index in [-0.39, 0.29) is 0 Å². The molecule has 0 radical (unpaired) electrons. The van der Waals surface area contributed by atoms with Crippen molar-refractivity contribution in [2.24, 2.45) is 0 Å². The van der Waals surface area contributed by atoms with Gasteiger partial charge in [0.05, 0.1) is 9.50 Å². The minimum Gasteiger partial charge on any atom is -0.303 e. The number of aryl methyl sites for hydroxylation is 2. The molecule has 0 atom stereocenters. The lowest BCUT2D eigenvalue weighted by atomic mass is 10.4. The van der Waals surface area contributed by atoms with E-state index in [4.69, 9.17) is 11.6 Å². The molecule has 2 rings (SSSR count). The zero-order valence-corrected chi connectivity index (χ0v) is 10.8. The van der Waals surface area contributed by atoms with Gasteiger partial charge in [-0.3, -0.25) is 0 Å². The summed E-state index contributed by atoms with van der Waals surface area (Å²) in [5.74, 6) is 0.850. The SMILES string of the molecule is Cc1ccc(C)n1-c1cc(Cl)c(Br)cn1. The van der Waals surface area contributed by atoms with Crippen molar-refractivity contribution >= 4 is 27.5 Å². The number of pyridine rings is 1. The molecule has 2 nitrogen and oxygen atoms in total. The van der Waals surface area contributed by atoms with Crippen molar-refractivity contribution in [2.75, 3.05) is 0 Å². The van der Waals surface area contributed by atoms with Crippen LogP contribution in [-0.4, -0.2) is 9.55 Å². The highest BCUT2D eigenvalue weighted by molar-refractivity contribution is 9.10. The number of aromatic nitrogens is 2. The Morgan fingerprint density at radius 3 is 2.40 bits per heavy atom. The van der Waals surface area contributed by atoms with E-state index in [0.717, 1.165) is 21.7 Å². The van der Waals surface area contributed by atoms with Crippen molar-refractivity contribution in [3.05, 3.63) is 45.3 Å². The van der Waals surface area contributed by atoms with Crippen molar-refractivity contribution in [1.29, 1.82) is 0 Å². The van der Waals surface area contributed by atoms with E-state index >= 15 is 0 Å². The smallest absolute Gasteiger partial charge is 0.138 e. The molecule has 78 valence electrons. The van der Waals surface area contributed by atoms with Gasteiger partial charge < -0.3 is 4.57 Å². The van der Waals surface area contributed by atoms with Crippen LogP contribution < -0.4 is 0 Å². The van der Waals surface area contributed by atoms with E-state index in [2.05, 4.69) is 37.6 Å². The summed E-state index contributed by atoms with van der Waals surface area (Å²) < 4.78 is 2.88. The van der Waals surface area contributed by atoms with Crippen molar-refractivity contribution in [2.45, 2.75) is 13.8 Å². The molecule has 4 heteroatoms. The largest absolute Gasteiger partial charge is 0.303 e. The Kier molecular flexibility index (Phi) is 2.85. The molecule has 2 heterocycles. The standard InChI is InChI=1S/C11H10BrClN2/c1-7-3-4-8(2)15(7)11-5-10(13)9(12)6-14-11/h3-6H,1-2H3. The predicted octanol–water partition coefficient (Wildman–Crippen LogP) is 3.91. The van der Waals surface area contributed by atoms with Gasteiger partial charge in [-0.2, -0.15) is 0 Å². The van der Waals surface area contributed by atoms with Crippen molar-refractivity contribution in [3.8, 4) is 5.82 Å². The van der Waals surface area contributed by atoms with Gasteiger partial charge >= 0.3 is 0 Å². The Morgan fingerprint density at radius 1 is 1.27 bits per heavy atom. The van der Waals surface area contributed by atoms with Crippen LogP contribution >= 0.6 is 27.5 Å². The summed E-state index contributed by atoms with van der Waals surface area (Å²) in [6, 6.07) is 5.98. The second-order valence-corrected chi connectivity index (χ2v) is 4.67. The fourth-order valence-corrected chi connectivity index (χ4v) is 1.92. The average Bonchev–Trinajstić information content (AvgIpc) is 2.52. The first kappa shape index (κ1) is 10.7. The summed E-state index contributed by atoms with van der Waals surface area (Å²) in [7, 11) is 0. The third kappa shape index (κ3) is 1.94. The van der Waals surface area contributed by atoms with Crippen molar-refractivity contribution in [1.82, 2.24) is 9.55 Å². The van der Waals surface area contributed by atoms with E-state index in [1.807, 2.05) is 19.9 Å². The Bertz CT molecular complexity index is 486. The van der Waals surface area contributed by atoms with Crippen LogP contribution in [0.3, 0.4) is 0 Å². The van der Waals surface area contributed by atoms with Crippen LogP contribution in [0.25, 0.3) is 5.82 Å². The molecule has 0 aliphatic heterocycles. The van der Waals surface area contributed by atoms with Crippen LogP contribution in [0.1, 0.15) is 11.4 Å². The highest BCUT2D eigenvalue weighted by atomic mass is 79.9. The molecule has 0 aliphatic rings. The lowest BCUT2D eigenvalue weighted by molar-refractivity contribution is 0.921. The fourth-order valence-electron chi connectivity index (χ4n) is 1.56. The molecule has 0 fully saturated rings. The van der Waals surface area contributed by atoms with Gasteiger partial charge in [-0.05, 0) is 41.9 Å². The predicted molar refractivity (Wildman–Crippen MR) is 65.7 cm³/mol. The average molecular weight is 286 g/mol. The molecule has 0 aliphatic carbocycles. The number of rotatable bonds is 1. The fraction of sp³-hybridized carbons (Fsp3) is 0.182. The number of halogens is 2. The molecule has 0 unspecified atom stereocenters. The Balaban J connectivity index is 2.59. The van der Waals surface area contributed by atoms with Crippen LogP contribution in [0.4, 0.5) is 0 Å². The van der Waals surface area contributed by atoms with Gasteiger partial charge in [0.25, 0.3) is 0 Å². The Labute approximate surface area is 102 Å². The van der Waals surface area contributed by atoms with E-state index < -0.39 is 0 Å². The second-order valence-electron chi connectivity index (χ2n) is 3.41. The number of nitrogens with zero attached hydrogens (tertiary/aromatic N) is 2. The molecule has 0 aromatic carbocycles. The van der Waals surface area contributed by atoms with Gasteiger partial charge in [-0.25, -0.2) is 4.98 Å². The summed E-state index contributed by atoms with van der Waals surface area (Å²) in [4.78, 5) is 4.33. The van der Waals surface area contributed by atoms with Crippen LogP contribution in [0.2, 0.25) is 5.02 Å². The van der Waals surface area contributed by atoms with Gasteiger partial charge in [-0.1, -0.05) is 11.6 Å². The van der Waals surface area contributed by atoms with Crippen molar-refractivity contribution < 1.29 is 0 Å². The topological polar surface area (TPSA) is 17.8 Å². The van der Waals surface area contributed by atoms with E-state index in [1.165, 1.54) is 0 Å². The molecule has 0 amide bonds. The first-order chi connectivity index (χ1) is 7.09. The summed E-state index contributed by atoms with van der Waals surface area (Å²) in [6.07, 6.45) is 1.72. The summed E-state index contributed by atoms with van der Waals surface area (Å²) >= 11 is 9.36. The first-order valence-corrected chi connectivity index (χ1v) is 5.73. The molecule has 0 spiro atoms. The highest BCUT2D eigenvalue weighted by Crippen LogP contribution is 2.24. The molecule has 15 heavy (non-hydrogen) atoms. The van der Waals surface area contributed by atoms with Crippen LogP contribution in [0.15, 0.2) is 28.9 Å². The van der Waals surface area contributed by atoms with E-state index in [0.29, 0.717) is 5.02 Å². The minimum atomic E-state index is 0.674. The van der Waals surface area contributed by atoms with E-state index in [9.17, 15) is 0 Å². The minimum absolute atomic E-state index is 0.674. The molecule has 2 aromatic heterocycles. The molecular weight excluding hydrogens is 275 g/mol. The summed E-state index contributed by atoms with van der Waals surface area (Å²) in [6.45, 7) is 4.09. The Morgan fingerprint density at radius 2 is 1.87 bits per heavy atom. The number of hydrogen-bond donors (Lipinski definition) is 0. The third-order valence-corrected chi connectivity index (χ3v) is 3.47. The molecule has 0 bridgehead atoms. The van der Waals surface area contributed by atoms with Crippen LogP contribution in [0.5, 0.6) is 0 Å². The number of hydrogen-bond acceptors (Lipinski definition) is 1. The maximum absolute atomic E-state index is 6.04. The van der Waals surface area contributed by atoms with Gasteiger partial charge in [0.1, 0.15) is 5.82 Å². The van der Waals surface area contributed by atoms with Crippen LogP contribution in [-0.2, 0) is 0 Å². The first-order valence-electron chi connectivity index (χ1n) is 4.56. The summed E-state index contributed by atoms with van der Waals surface area (Å²) in [5.41, 5.74) is 2.30. The molecule has 0 saturated heterocycles. The zero-order chi connectivity index (χ0) is 11.0. The summed E-state index contributed by atoms with van der Waals surface area (Å²) in [5, 5.41) is 0.674. The monoisotopic (exact) mass is 284 g/mol. The lowest BCUT2D eigenvalue weighted by Gasteiger charge is -2.08. The van der Waals surface area contributed by atoms with Crippen LogP contribution in [0, 0.1) is 13.8 Å². The molecule has 2 aromatic rings. The third-order valence-electron chi connectivity index (χ3n) is 2.29. The normalized spacial score (nSPS) is 10.7. The lowest BCUT2D eigenvalue weighted by Crippen LogP contribution is -2.01. The van der Waals surface area contributed by atoms with Gasteiger partial charge in [0.15, 0.2) is 0 Å².